The molecule has 0 unspecified atom stereocenters. The molecule has 5 nitrogen and oxygen atoms in total. The molecule has 0 bridgehead atoms. The number of benzene rings is 2. The van der Waals surface area contributed by atoms with E-state index in [0.717, 1.165) is 48.0 Å². The zero-order chi connectivity index (χ0) is 20.2. The normalized spacial score (nSPS) is 10.8. The molecule has 0 aliphatic rings. The first-order valence-corrected chi connectivity index (χ1v) is 10.0. The van der Waals surface area contributed by atoms with Gasteiger partial charge in [-0.15, -0.1) is 24.0 Å². The predicted octanol–water partition coefficient (Wildman–Crippen LogP) is 4.58. The summed E-state index contributed by atoms with van der Waals surface area (Å²) in [6, 6.07) is 24.2. The van der Waals surface area contributed by atoms with Gasteiger partial charge in [0.05, 0.1) is 6.54 Å². The maximum absolute atomic E-state index is 6.04. The van der Waals surface area contributed by atoms with Gasteiger partial charge in [-0.1, -0.05) is 54.6 Å². The first-order chi connectivity index (χ1) is 14.3. The van der Waals surface area contributed by atoms with Gasteiger partial charge in [-0.3, -0.25) is 4.98 Å². The van der Waals surface area contributed by atoms with E-state index in [1.807, 2.05) is 60.8 Å². The Morgan fingerprint density at radius 2 is 1.70 bits per heavy atom. The number of aliphatic imine (C=N–C) groups is 1. The highest BCUT2D eigenvalue weighted by Gasteiger charge is 2.04. The lowest BCUT2D eigenvalue weighted by molar-refractivity contribution is 0.303. The summed E-state index contributed by atoms with van der Waals surface area (Å²) in [6.07, 6.45) is 2.67. The second kappa shape index (κ2) is 13.6. The summed E-state index contributed by atoms with van der Waals surface area (Å²) in [7, 11) is 0. The third kappa shape index (κ3) is 8.02. The smallest absolute Gasteiger partial charge is 0.191 e. The van der Waals surface area contributed by atoms with Crippen LogP contribution in [0.4, 0.5) is 0 Å². The Kier molecular flexibility index (Phi) is 10.7. The van der Waals surface area contributed by atoms with Crippen molar-refractivity contribution in [2.75, 3.05) is 13.1 Å². The van der Waals surface area contributed by atoms with Crippen molar-refractivity contribution in [3.63, 3.8) is 0 Å². The maximum Gasteiger partial charge on any atom is 0.191 e. The van der Waals surface area contributed by atoms with Crippen LogP contribution in [0.15, 0.2) is 84.0 Å². The van der Waals surface area contributed by atoms with Crippen LogP contribution in [-0.4, -0.2) is 24.0 Å². The van der Waals surface area contributed by atoms with E-state index < -0.39 is 0 Å². The van der Waals surface area contributed by atoms with Gasteiger partial charge >= 0.3 is 0 Å². The Bertz CT molecular complexity index is 888. The minimum Gasteiger partial charge on any atom is -0.489 e. The number of halogens is 1. The van der Waals surface area contributed by atoms with Gasteiger partial charge in [0.15, 0.2) is 5.96 Å². The Morgan fingerprint density at radius 3 is 2.47 bits per heavy atom. The zero-order valence-electron chi connectivity index (χ0n) is 17.3. The van der Waals surface area contributed by atoms with Crippen molar-refractivity contribution < 1.29 is 4.74 Å². The molecule has 0 saturated carbocycles. The summed E-state index contributed by atoms with van der Waals surface area (Å²) in [4.78, 5) is 9.08. The molecule has 3 rings (SSSR count). The van der Waals surface area contributed by atoms with Crippen LogP contribution in [0.3, 0.4) is 0 Å². The highest BCUT2D eigenvalue weighted by atomic mass is 127. The quantitative estimate of drug-likeness (QED) is 0.249. The summed E-state index contributed by atoms with van der Waals surface area (Å²) in [5.41, 5.74) is 3.27. The largest absolute Gasteiger partial charge is 0.489 e. The molecule has 30 heavy (non-hydrogen) atoms. The number of nitrogens with one attached hydrogen (secondary N) is 2. The van der Waals surface area contributed by atoms with Crippen LogP contribution in [0.2, 0.25) is 0 Å². The summed E-state index contributed by atoms with van der Waals surface area (Å²) in [6.45, 7) is 4.73. The van der Waals surface area contributed by atoms with E-state index in [0.29, 0.717) is 13.2 Å². The molecule has 0 saturated heterocycles. The molecule has 3 aromatic rings. The average Bonchev–Trinajstić information content (AvgIpc) is 2.78. The van der Waals surface area contributed by atoms with Gasteiger partial charge in [-0.2, -0.15) is 0 Å². The van der Waals surface area contributed by atoms with Crippen molar-refractivity contribution in [1.82, 2.24) is 15.6 Å². The van der Waals surface area contributed by atoms with Crippen molar-refractivity contribution in [1.29, 1.82) is 0 Å². The summed E-state index contributed by atoms with van der Waals surface area (Å²) >= 11 is 0. The maximum atomic E-state index is 6.04. The number of para-hydroxylation sites is 1. The third-order valence-electron chi connectivity index (χ3n) is 4.36. The first-order valence-electron chi connectivity index (χ1n) is 10.0. The number of ether oxygens (including phenoxy) is 1. The number of aromatic nitrogens is 1. The summed E-state index contributed by atoms with van der Waals surface area (Å²) in [5, 5.41) is 6.67. The molecule has 1 heterocycles. The molecule has 0 atom stereocenters. The monoisotopic (exact) mass is 516 g/mol. The number of pyridine rings is 1. The van der Waals surface area contributed by atoms with E-state index in [9.17, 15) is 0 Å². The standard InChI is InChI=1S/C24H28N4O.HI/c1-2-25-24(27-17-15-22-13-8-9-16-26-22)28-18-21-12-6-7-14-23(21)29-19-20-10-4-3-5-11-20;/h3-14,16H,2,15,17-19H2,1H3,(H2,25,27,28);1H. The molecule has 0 aliphatic carbocycles. The number of rotatable bonds is 9. The van der Waals surface area contributed by atoms with Crippen LogP contribution < -0.4 is 15.4 Å². The highest BCUT2D eigenvalue weighted by Crippen LogP contribution is 2.20. The van der Waals surface area contributed by atoms with Gasteiger partial charge in [0, 0.05) is 37.0 Å². The van der Waals surface area contributed by atoms with Crippen molar-refractivity contribution in [2.24, 2.45) is 4.99 Å². The number of hydrogen-bond donors (Lipinski definition) is 2. The molecule has 2 aromatic carbocycles. The topological polar surface area (TPSA) is 58.5 Å². The summed E-state index contributed by atoms with van der Waals surface area (Å²) in [5.74, 6) is 1.66. The van der Waals surface area contributed by atoms with Gasteiger partial charge in [0.25, 0.3) is 0 Å². The fraction of sp³-hybridized carbons (Fsp3) is 0.250. The third-order valence-corrected chi connectivity index (χ3v) is 4.36. The Labute approximate surface area is 196 Å². The Morgan fingerprint density at radius 1 is 0.933 bits per heavy atom. The minimum absolute atomic E-state index is 0. The molecule has 0 radical (unpaired) electrons. The molecule has 0 fully saturated rings. The lowest BCUT2D eigenvalue weighted by Crippen LogP contribution is -2.38. The van der Waals surface area contributed by atoms with Crippen LogP contribution in [0, 0.1) is 0 Å². The fourth-order valence-corrected chi connectivity index (χ4v) is 2.87. The number of guanidine groups is 1. The molecule has 6 heteroatoms. The summed E-state index contributed by atoms with van der Waals surface area (Å²) < 4.78 is 6.04. The predicted molar refractivity (Wildman–Crippen MR) is 133 cm³/mol. The van der Waals surface area contributed by atoms with Crippen LogP contribution in [0.1, 0.15) is 23.7 Å². The van der Waals surface area contributed by atoms with Gasteiger partial charge in [-0.25, -0.2) is 4.99 Å². The van der Waals surface area contributed by atoms with E-state index in [4.69, 9.17) is 9.73 Å². The van der Waals surface area contributed by atoms with E-state index in [1.165, 1.54) is 0 Å². The lowest BCUT2D eigenvalue weighted by Gasteiger charge is -2.13. The van der Waals surface area contributed by atoms with E-state index in [-0.39, 0.29) is 24.0 Å². The molecule has 0 aliphatic heterocycles. The van der Waals surface area contributed by atoms with Crippen LogP contribution in [-0.2, 0) is 19.6 Å². The number of hydrogen-bond acceptors (Lipinski definition) is 3. The molecule has 1 aromatic heterocycles. The zero-order valence-corrected chi connectivity index (χ0v) is 19.6. The van der Waals surface area contributed by atoms with E-state index in [1.54, 1.807) is 0 Å². The van der Waals surface area contributed by atoms with Gasteiger partial charge in [0.2, 0.25) is 0 Å². The molecule has 2 N–H and O–H groups in total. The van der Waals surface area contributed by atoms with E-state index >= 15 is 0 Å². The van der Waals surface area contributed by atoms with Crippen LogP contribution in [0.5, 0.6) is 5.75 Å². The molecule has 0 amide bonds. The molecular formula is C24H29IN4O. The fourth-order valence-electron chi connectivity index (χ4n) is 2.87. The molecule has 0 spiro atoms. The highest BCUT2D eigenvalue weighted by molar-refractivity contribution is 14.0. The van der Waals surface area contributed by atoms with Crippen LogP contribution in [0.25, 0.3) is 0 Å². The van der Waals surface area contributed by atoms with Crippen molar-refractivity contribution in [3.05, 3.63) is 95.8 Å². The molecular weight excluding hydrogens is 487 g/mol. The van der Waals surface area contributed by atoms with E-state index in [2.05, 4.69) is 40.7 Å². The second-order valence-electron chi connectivity index (χ2n) is 6.58. The Balaban J connectivity index is 0.00000320. The number of nitrogens with zero attached hydrogens (tertiary/aromatic N) is 2. The van der Waals surface area contributed by atoms with Crippen molar-refractivity contribution in [2.45, 2.75) is 26.5 Å². The molecule has 158 valence electrons. The second-order valence-corrected chi connectivity index (χ2v) is 6.58. The van der Waals surface area contributed by atoms with Gasteiger partial charge < -0.3 is 15.4 Å². The SMILES string of the molecule is CCNC(=NCc1ccccc1OCc1ccccc1)NCCc1ccccn1.I. The average molecular weight is 516 g/mol. The van der Waals surface area contributed by atoms with Gasteiger partial charge in [-0.05, 0) is 30.7 Å². The first kappa shape index (κ1) is 23.7. The lowest BCUT2D eigenvalue weighted by atomic mass is 10.2. The van der Waals surface area contributed by atoms with Crippen molar-refractivity contribution in [3.8, 4) is 5.75 Å². The van der Waals surface area contributed by atoms with Gasteiger partial charge in [0.1, 0.15) is 12.4 Å². The van der Waals surface area contributed by atoms with Crippen LogP contribution >= 0.6 is 24.0 Å². The minimum atomic E-state index is 0. The van der Waals surface area contributed by atoms with Crippen molar-refractivity contribution >= 4 is 29.9 Å². The Hall–Kier alpha value is -2.61.